The zero-order valence-electron chi connectivity index (χ0n) is 4.76. The number of hydrogen-bond acceptors (Lipinski definition) is 3. The lowest BCUT2D eigenvalue weighted by atomic mass is 10.4. The number of alkyl halides is 2. The summed E-state index contributed by atoms with van der Waals surface area (Å²) in [4.78, 5) is 0. The molecular weight excluding hydrogens is 132 g/mol. The van der Waals surface area contributed by atoms with Crippen molar-refractivity contribution in [1.29, 1.82) is 0 Å². The largest absolute Gasteiger partial charge is 0.394 e. The number of aliphatic hydroxyl groups is 1. The molecule has 9 heavy (non-hydrogen) atoms. The van der Waals surface area contributed by atoms with E-state index in [1.165, 1.54) is 0 Å². The molecule has 0 radical (unpaired) electrons. The Morgan fingerprint density at radius 2 is 2.11 bits per heavy atom. The molecule has 56 valence electrons. The zero-order chi connectivity index (χ0) is 7.28. The van der Waals surface area contributed by atoms with Crippen LogP contribution in [0.5, 0.6) is 0 Å². The number of nitrogens with two attached hydrogens (primary N) is 1. The average Bonchev–Trinajstić information content (AvgIpc) is 1.82. The number of ether oxygens (including phenoxy) is 1. The molecule has 3 N–H and O–H groups in total. The average molecular weight is 141 g/mol. The molecule has 0 aliphatic rings. The summed E-state index contributed by atoms with van der Waals surface area (Å²) in [7, 11) is 0. The third-order valence-electron chi connectivity index (χ3n) is 0.762. The fourth-order valence-electron chi connectivity index (χ4n) is 0.319. The van der Waals surface area contributed by atoms with Crippen molar-refractivity contribution in [1.82, 2.24) is 0 Å². The summed E-state index contributed by atoms with van der Waals surface area (Å²) in [6.07, 6.45) is -0.940. The van der Waals surface area contributed by atoms with Crippen LogP contribution in [-0.4, -0.2) is 31.0 Å². The van der Waals surface area contributed by atoms with E-state index in [0.717, 1.165) is 0 Å². The first-order valence-corrected chi connectivity index (χ1v) is 2.45. The van der Waals surface area contributed by atoms with E-state index in [2.05, 4.69) is 4.74 Å². The predicted molar refractivity (Wildman–Crippen MR) is 27.0 cm³/mol. The van der Waals surface area contributed by atoms with Crippen molar-refractivity contribution in [3.63, 3.8) is 0 Å². The van der Waals surface area contributed by atoms with Crippen LogP contribution in [-0.2, 0) is 4.74 Å². The minimum absolute atomic E-state index is 0.0964. The van der Waals surface area contributed by atoms with E-state index in [1.54, 1.807) is 0 Å². The lowest BCUT2D eigenvalue weighted by molar-refractivity contribution is -0.168. The molecule has 0 fully saturated rings. The molecule has 0 heterocycles. The molecule has 5 heteroatoms. The van der Waals surface area contributed by atoms with Crippen molar-refractivity contribution >= 4 is 0 Å². The first kappa shape index (κ1) is 8.74. The Morgan fingerprint density at radius 1 is 1.56 bits per heavy atom. The quantitative estimate of drug-likeness (QED) is 0.557. The van der Waals surface area contributed by atoms with Gasteiger partial charge in [-0.1, -0.05) is 0 Å². The first-order chi connectivity index (χ1) is 4.20. The lowest BCUT2D eigenvalue weighted by Gasteiger charge is -2.10. The van der Waals surface area contributed by atoms with E-state index >= 15 is 0 Å². The number of halogens is 2. The summed E-state index contributed by atoms with van der Waals surface area (Å²) in [6.45, 7) is -3.42. The summed E-state index contributed by atoms with van der Waals surface area (Å²) in [5, 5.41) is 8.24. The second-order valence-electron chi connectivity index (χ2n) is 1.44. The summed E-state index contributed by atoms with van der Waals surface area (Å²) in [5.41, 5.74) is 4.91. The van der Waals surface area contributed by atoms with Gasteiger partial charge in [-0.3, -0.25) is 0 Å². The molecule has 0 bridgehead atoms. The van der Waals surface area contributed by atoms with Crippen LogP contribution < -0.4 is 5.73 Å². The van der Waals surface area contributed by atoms with Gasteiger partial charge in [-0.05, 0) is 0 Å². The molecule has 0 spiro atoms. The molecule has 0 aliphatic heterocycles. The van der Waals surface area contributed by atoms with Crippen LogP contribution in [0.3, 0.4) is 0 Å². The topological polar surface area (TPSA) is 55.5 Å². The summed E-state index contributed by atoms with van der Waals surface area (Å²) in [5.74, 6) is 0. The predicted octanol–water partition coefficient (Wildman–Crippen LogP) is -0.455. The van der Waals surface area contributed by atoms with Gasteiger partial charge in [0.1, 0.15) is 0 Å². The van der Waals surface area contributed by atoms with Gasteiger partial charge in [0.2, 0.25) is 0 Å². The molecule has 1 unspecified atom stereocenters. The van der Waals surface area contributed by atoms with Crippen LogP contribution in [0.25, 0.3) is 0 Å². The van der Waals surface area contributed by atoms with Gasteiger partial charge < -0.3 is 15.6 Å². The number of rotatable bonds is 4. The van der Waals surface area contributed by atoms with E-state index in [9.17, 15) is 8.78 Å². The van der Waals surface area contributed by atoms with Crippen molar-refractivity contribution in [2.75, 3.05) is 13.2 Å². The van der Waals surface area contributed by atoms with E-state index in [4.69, 9.17) is 10.8 Å². The van der Waals surface area contributed by atoms with Crippen molar-refractivity contribution in [3.05, 3.63) is 0 Å². The van der Waals surface area contributed by atoms with E-state index in [1.807, 2.05) is 0 Å². The molecule has 0 aromatic carbocycles. The van der Waals surface area contributed by atoms with E-state index in [0.29, 0.717) is 0 Å². The number of aliphatic hydroxyl groups excluding tert-OH is 1. The molecule has 0 aromatic rings. The van der Waals surface area contributed by atoms with Crippen LogP contribution in [0, 0.1) is 0 Å². The molecule has 0 aliphatic carbocycles. The van der Waals surface area contributed by atoms with E-state index < -0.39 is 19.3 Å². The zero-order valence-corrected chi connectivity index (χ0v) is 4.76. The highest BCUT2D eigenvalue weighted by atomic mass is 19.3. The minimum atomic E-state index is -2.86. The molecule has 3 nitrogen and oxygen atoms in total. The van der Waals surface area contributed by atoms with Crippen LogP contribution in [0.15, 0.2) is 0 Å². The Morgan fingerprint density at radius 3 is 2.22 bits per heavy atom. The molecule has 0 aromatic heterocycles. The highest BCUT2D eigenvalue weighted by Crippen LogP contribution is 1.98. The summed E-state index contributed by atoms with van der Waals surface area (Å²) >= 11 is 0. The Labute approximate surface area is 51.4 Å². The van der Waals surface area contributed by atoms with Gasteiger partial charge in [0.15, 0.2) is 0 Å². The lowest BCUT2D eigenvalue weighted by Crippen LogP contribution is -2.29. The van der Waals surface area contributed by atoms with Crippen molar-refractivity contribution in [3.8, 4) is 0 Å². The standard InChI is InChI=1S/C4H9F2NO2/c5-4(6)9-3(1-7)2-8/h3-4,8H,1-2,7H2. The molecule has 0 amide bonds. The van der Waals surface area contributed by atoms with Crippen LogP contribution in [0.1, 0.15) is 0 Å². The van der Waals surface area contributed by atoms with Gasteiger partial charge in [0.25, 0.3) is 0 Å². The molecule has 1 atom stereocenters. The van der Waals surface area contributed by atoms with Gasteiger partial charge in [-0.25, -0.2) is 0 Å². The van der Waals surface area contributed by atoms with Crippen molar-refractivity contribution in [2.24, 2.45) is 5.73 Å². The highest BCUT2D eigenvalue weighted by molar-refractivity contribution is 4.53. The summed E-state index contributed by atoms with van der Waals surface area (Å²) in [6, 6.07) is 0. The Bertz CT molecular complexity index is 67.6. The summed E-state index contributed by atoms with van der Waals surface area (Å²) < 4.78 is 26.4. The third kappa shape index (κ3) is 4.26. The Hall–Kier alpha value is -0.260. The van der Waals surface area contributed by atoms with Crippen molar-refractivity contribution in [2.45, 2.75) is 12.7 Å². The molecule has 0 saturated carbocycles. The van der Waals surface area contributed by atoms with Crippen LogP contribution in [0.4, 0.5) is 8.78 Å². The Kier molecular flexibility index (Phi) is 4.47. The smallest absolute Gasteiger partial charge is 0.345 e. The fraction of sp³-hybridized carbons (Fsp3) is 1.00. The van der Waals surface area contributed by atoms with Gasteiger partial charge in [-0.15, -0.1) is 0 Å². The maximum absolute atomic E-state index is 11.3. The van der Waals surface area contributed by atoms with Gasteiger partial charge >= 0.3 is 6.61 Å². The van der Waals surface area contributed by atoms with Gasteiger partial charge in [-0.2, -0.15) is 8.78 Å². The van der Waals surface area contributed by atoms with Gasteiger partial charge in [0.05, 0.1) is 12.7 Å². The molecule has 0 saturated heterocycles. The van der Waals surface area contributed by atoms with Crippen LogP contribution in [0.2, 0.25) is 0 Å². The molecule has 0 rings (SSSR count). The first-order valence-electron chi connectivity index (χ1n) is 2.45. The normalized spacial score (nSPS) is 14.3. The Balaban J connectivity index is 3.31. The minimum Gasteiger partial charge on any atom is -0.394 e. The number of hydrogen-bond donors (Lipinski definition) is 2. The van der Waals surface area contributed by atoms with Crippen molar-refractivity contribution < 1.29 is 18.6 Å². The van der Waals surface area contributed by atoms with Crippen LogP contribution >= 0.6 is 0 Å². The van der Waals surface area contributed by atoms with E-state index in [-0.39, 0.29) is 6.54 Å². The maximum atomic E-state index is 11.3. The third-order valence-corrected chi connectivity index (χ3v) is 0.762. The SMILES string of the molecule is NCC(CO)OC(F)F. The monoisotopic (exact) mass is 141 g/mol. The second-order valence-corrected chi connectivity index (χ2v) is 1.44. The fourth-order valence-corrected chi connectivity index (χ4v) is 0.319. The highest BCUT2D eigenvalue weighted by Gasteiger charge is 2.10. The molecular formula is C4H9F2NO2. The maximum Gasteiger partial charge on any atom is 0.345 e. The second kappa shape index (κ2) is 4.60. The van der Waals surface area contributed by atoms with Gasteiger partial charge in [0, 0.05) is 6.54 Å².